The van der Waals surface area contributed by atoms with E-state index in [4.69, 9.17) is 4.74 Å². The van der Waals surface area contributed by atoms with Crippen LogP contribution in [0, 0.1) is 5.92 Å². The van der Waals surface area contributed by atoms with Crippen molar-refractivity contribution in [3.63, 3.8) is 0 Å². The van der Waals surface area contributed by atoms with Gasteiger partial charge in [-0.25, -0.2) is 4.98 Å². The van der Waals surface area contributed by atoms with Crippen molar-refractivity contribution in [2.24, 2.45) is 5.92 Å². The molecule has 2 fully saturated rings. The topological polar surface area (TPSA) is 82.3 Å². The second-order valence-electron chi connectivity index (χ2n) is 7.42. The summed E-state index contributed by atoms with van der Waals surface area (Å²) < 4.78 is 4.76. The van der Waals surface area contributed by atoms with Crippen molar-refractivity contribution in [3.8, 4) is 0 Å². The summed E-state index contributed by atoms with van der Waals surface area (Å²) in [5.41, 5.74) is 8.79. The number of hydrogen-bond donors (Lipinski definition) is 3. The van der Waals surface area contributed by atoms with E-state index >= 15 is 0 Å². The van der Waals surface area contributed by atoms with Crippen LogP contribution in [-0.4, -0.2) is 53.1 Å². The Morgan fingerprint density at radius 2 is 2.08 bits per heavy atom. The molecule has 26 heavy (non-hydrogen) atoms. The van der Waals surface area contributed by atoms with Crippen molar-refractivity contribution in [1.82, 2.24) is 25.7 Å². The Hall–Kier alpha value is -1.96. The number of nitrogens with one attached hydrogen (secondary N) is 3. The van der Waals surface area contributed by atoms with E-state index in [1.54, 1.807) is 0 Å². The Labute approximate surface area is 153 Å². The minimum Gasteiger partial charge on any atom is -0.469 e. The van der Waals surface area contributed by atoms with Crippen LogP contribution in [0.25, 0.3) is 11.0 Å². The normalized spacial score (nSPS) is 25.0. The Morgan fingerprint density at radius 1 is 1.27 bits per heavy atom. The molecule has 0 aliphatic carbocycles. The summed E-state index contributed by atoms with van der Waals surface area (Å²) in [6.07, 6.45) is 3.77. The molecule has 0 spiro atoms. The first-order valence-electron chi connectivity index (χ1n) is 9.45. The van der Waals surface area contributed by atoms with E-state index in [-0.39, 0.29) is 12.0 Å². The van der Waals surface area contributed by atoms with Crippen molar-refractivity contribution >= 4 is 17.0 Å². The number of imidazole rings is 1. The number of ether oxygens (including phenoxy) is 1. The number of H-pyrrole nitrogens is 1. The number of fused-ring (bicyclic) bond motifs is 1. The van der Waals surface area contributed by atoms with Gasteiger partial charge in [0.05, 0.1) is 31.1 Å². The molecule has 7 heteroatoms. The molecule has 2 atom stereocenters. The van der Waals surface area contributed by atoms with Gasteiger partial charge in [-0.2, -0.15) is 0 Å². The molecule has 0 bridgehead atoms. The van der Waals surface area contributed by atoms with Gasteiger partial charge in [-0.05, 0) is 50.4 Å². The number of aromatic nitrogens is 2. The lowest BCUT2D eigenvalue weighted by molar-refractivity contribution is -0.141. The van der Waals surface area contributed by atoms with Gasteiger partial charge in [-0.1, -0.05) is 12.1 Å². The molecule has 140 valence electrons. The zero-order chi connectivity index (χ0) is 17.9. The number of benzene rings is 1. The van der Waals surface area contributed by atoms with E-state index in [2.05, 4.69) is 31.8 Å². The fourth-order valence-electron chi connectivity index (χ4n) is 4.18. The molecule has 2 unspecified atom stereocenters. The van der Waals surface area contributed by atoms with E-state index in [1.165, 1.54) is 20.0 Å². The van der Waals surface area contributed by atoms with Gasteiger partial charge < -0.3 is 9.72 Å². The minimum absolute atomic E-state index is 0.148. The van der Waals surface area contributed by atoms with E-state index in [1.807, 2.05) is 18.2 Å². The Kier molecular flexibility index (Phi) is 5.19. The van der Waals surface area contributed by atoms with Crippen LogP contribution in [-0.2, 0) is 16.1 Å². The van der Waals surface area contributed by atoms with Gasteiger partial charge in [0.2, 0.25) is 0 Å². The van der Waals surface area contributed by atoms with Gasteiger partial charge in [-0.3, -0.25) is 20.5 Å². The van der Waals surface area contributed by atoms with Crippen molar-refractivity contribution in [1.29, 1.82) is 0 Å². The minimum atomic E-state index is -0.148. The number of esters is 1. The van der Waals surface area contributed by atoms with Crippen molar-refractivity contribution in [3.05, 3.63) is 30.1 Å². The summed E-state index contributed by atoms with van der Waals surface area (Å²) in [4.78, 5) is 22.0. The van der Waals surface area contributed by atoms with E-state index in [0.29, 0.717) is 18.4 Å². The second-order valence-corrected chi connectivity index (χ2v) is 7.42. The molecular formula is C19H27N5O2. The van der Waals surface area contributed by atoms with Crippen LogP contribution in [0.2, 0.25) is 0 Å². The summed E-state index contributed by atoms with van der Waals surface area (Å²) in [5, 5.41) is 0. The maximum Gasteiger partial charge on any atom is 0.307 e. The average Bonchev–Trinajstić information content (AvgIpc) is 3.28. The highest BCUT2D eigenvalue weighted by atomic mass is 16.5. The van der Waals surface area contributed by atoms with Gasteiger partial charge in [0.15, 0.2) is 0 Å². The molecule has 0 amide bonds. The highest BCUT2D eigenvalue weighted by Crippen LogP contribution is 2.26. The Morgan fingerprint density at radius 3 is 2.85 bits per heavy atom. The van der Waals surface area contributed by atoms with Crippen LogP contribution in [0.3, 0.4) is 0 Å². The number of carbonyl (C=O) groups is 1. The van der Waals surface area contributed by atoms with Crippen LogP contribution < -0.4 is 10.9 Å². The molecule has 2 saturated heterocycles. The van der Waals surface area contributed by atoms with E-state index in [9.17, 15) is 4.79 Å². The number of carbonyl (C=O) groups excluding carboxylic acids is 1. The molecule has 3 heterocycles. The van der Waals surface area contributed by atoms with Crippen LogP contribution in [0.4, 0.5) is 0 Å². The summed E-state index contributed by atoms with van der Waals surface area (Å²) >= 11 is 0. The number of methoxy groups -OCH3 is 1. The van der Waals surface area contributed by atoms with Crippen LogP contribution in [0.1, 0.15) is 31.5 Å². The molecule has 7 nitrogen and oxygen atoms in total. The lowest BCUT2D eigenvalue weighted by Gasteiger charge is -2.34. The molecule has 0 radical (unpaired) electrons. The largest absolute Gasteiger partial charge is 0.469 e. The molecular weight excluding hydrogens is 330 g/mol. The van der Waals surface area contributed by atoms with Crippen molar-refractivity contribution in [2.75, 3.05) is 20.2 Å². The molecule has 3 N–H and O–H groups in total. The van der Waals surface area contributed by atoms with Crippen LogP contribution >= 0.6 is 0 Å². The van der Waals surface area contributed by atoms with Crippen LogP contribution in [0.15, 0.2) is 24.3 Å². The standard InChI is InChI=1S/C19H27N5O2/c1-26-19(25)11-14-10-17(23-22-14)13-6-8-24(9-7-13)12-18-20-15-4-2-3-5-16(15)21-18/h2-5,13-14,17,22-23H,6-12H2,1H3,(H,20,21). The molecule has 0 saturated carbocycles. The first-order chi connectivity index (χ1) is 12.7. The average molecular weight is 357 g/mol. The third-order valence-electron chi connectivity index (χ3n) is 5.67. The summed E-state index contributed by atoms with van der Waals surface area (Å²) in [7, 11) is 1.44. The zero-order valence-corrected chi connectivity index (χ0v) is 15.2. The van der Waals surface area contributed by atoms with Crippen molar-refractivity contribution in [2.45, 2.75) is 44.3 Å². The molecule has 2 aliphatic rings. The first-order valence-corrected chi connectivity index (χ1v) is 9.45. The number of rotatable bonds is 5. The first kappa shape index (κ1) is 17.5. The predicted octanol–water partition coefficient (Wildman–Crippen LogP) is 1.57. The zero-order valence-electron chi connectivity index (χ0n) is 15.2. The van der Waals surface area contributed by atoms with Gasteiger partial charge >= 0.3 is 5.97 Å². The molecule has 4 rings (SSSR count). The number of hydrazine groups is 1. The predicted molar refractivity (Wildman–Crippen MR) is 99.2 cm³/mol. The lowest BCUT2D eigenvalue weighted by atomic mass is 9.87. The second kappa shape index (κ2) is 7.73. The smallest absolute Gasteiger partial charge is 0.307 e. The molecule has 2 aromatic rings. The maximum absolute atomic E-state index is 11.4. The summed E-state index contributed by atoms with van der Waals surface area (Å²) in [6, 6.07) is 8.80. The highest BCUT2D eigenvalue weighted by molar-refractivity contribution is 5.74. The number of aromatic amines is 1. The van der Waals surface area contributed by atoms with E-state index in [0.717, 1.165) is 42.9 Å². The third kappa shape index (κ3) is 3.90. The number of piperidine rings is 1. The SMILES string of the molecule is COC(=O)CC1CC(C2CCN(Cc3nc4ccccc4[nH]3)CC2)NN1. The van der Waals surface area contributed by atoms with Gasteiger partial charge in [0.25, 0.3) is 0 Å². The third-order valence-corrected chi connectivity index (χ3v) is 5.67. The van der Waals surface area contributed by atoms with Gasteiger partial charge in [0, 0.05) is 12.1 Å². The molecule has 2 aliphatic heterocycles. The molecule has 1 aromatic carbocycles. The lowest BCUT2D eigenvalue weighted by Crippen LogP contribution is -2.42. The van der Waals surface area contributed by atoms with Gasteiger partial charge in [0.1, 0.15) is 5.82 Å². The monoisotopic (exact) mass is 357 g/mol. The maximum atomic E-state index is 11.4. The van der Waals surface area contributed by atoms with Crippen molar-refractivity contribution < 1.29 is 9.53 Å². The quantitative estimate of drug-likeness (QED) is 0.705. The highest BCUT2D eigenvalue weighted by Gasteiger charge is 2.33. The summed E-state index contributed by atoms with van der Waals surface area (Å²) in [5.74, 6) is 1.55. The summed E-state index contributed by atoms with van der Waals surface area (Å²) in [6.45, 7) is 3.05. The van der Waals surface area contributed by atoms with Crippen LogP contribution in [0.5, 0.6) is 0 Å². The number of nitrogens with zero attached hydrogens (tertiary/aromatic N) is 2. The fourth-order valence-corrected chi connectivity index (χ4v) is 4.18. The number of likely N-dealkylation sites (tertiary alicyclic amines) is 1. The van der Waals surface area contributed by atoms with Gasteiger partial charge in [-0.15, -0.1) is 0 Å². The number of para-hydroxylation sites is 2. The Bertz CT molecular complexity index is 720. The fraction of sp³-hybridized carbons (Fsp3) is 0.579. The Balaban J connectivity index is 1.26. The van der Waals surface area contributed by atoms with E-state index < -0.39 is 0 Å². The molecule has 1 aromatic heterocycles. The number of hydrogen-bond acceptors (Lipinski definition) is 6.